The average molecular weight is 319 g/mol. The first-order chi connectivity index (χ1) is 8.19. The summed E-state index contributed by atoms with van der Waals surface area (Å²) in [5.41, 5.74) is -0.904. The Labute approximate surface area is 114 Å². The number of carbonyl (C=O) groups excluding carboxylic acids is 1. The van der Waals surface area contributed by atoms with Crippen LogP contribution in [-0.4, -0.2) is 35.2 Å². The predicted molar refractivity (Wildman–Crippen MR) is 72.0 cm³/mol. The van der Waals surface area contributed by atoms with Gasteiger partial charge in [0, 0.05) is 11.5 Å². The van der Waals surface area contributed by atoms with E-state index in [2.05, 4.69) is 21.2 Å². The van der Waals surface area contributed by atoms with Crippen molar-refractivity contribution in [1.29, 1.82) is 0 Å². The normalized spacial score (nSPS) is 11.2. The summed E-state index contributed by atoms with van der Waals surface area (Å²) in [6.45, 7) is 3.33. The third-order valence-electron chi connectivity index (χ3n) is 2.14. The summed E-state index contributed by atoms with van der Waals surface area (Å²) >= 11 is 3.20. The minimum atomic E-state index is -0.998. The fourth-order valence-corrected chi connectivity index (χ4v) is 1.82. The Morgan fingerprint density at radius 3 is 2.72 bits per heavy atom. The first-order valence-electron chi connectivity index (χ1n) is 5.38. The van der Waals surface area contributed by atoms with E-state index in [9.17, 15) is 14.3 Å². The predicted octanol–water partition coefficient (Wildman–Crippen LogP) is 2.82. The summed E-state index contributed by atoms with van der Waals surface area (Å²) in [5, 5.41) is 12.0. The molecule has 1 rings (SSSR count). The topological polar surface area (TPSA) is 52.6 Å². The number of benzene rings is 1. The number of aliphatic hydroxyl groups is 1. The molecular weight excluding hydrogens is 303 g/mol. The van der Waals surface area contributed by atoms with Crippen molar-refractivity contribution in [2.24, 2.45) is 0 Å². The Morgan fingerprint density at radius 2 is 2.17 bits per heavy atom. The number of halogens is 2. The molecule has 0 atom stereocenters. The van der Waals surface area contributed by atoms with Crippen molar-refractivity contribution in [3.63, 3.8) is 0 Å². The molecule has 0 radical (unpaired) electrons. The molecule has 0 saturated carbocycles. The highest BCUT2D eigenvalue weighted by Crippen LogP contribution is 2.20. The van der Waals surface area contributed by atoms with Crippen LogP contribution in [-0.2, 0) is 0 Å². The molecule has 0 aliphatic rings. The van der Waals surface area contributed by atoms with Gasteiger partial charge in [0.2, 0.25) is 0 Å². The van der Waals surface area contributed by atoms with Gasteiger partial charge in [-0.1, -0.05) is 15.9 Å². The Morgan fingerprint density at radius 1 is 1.56 bits per heavy atom. The van der Waals surface area contributed by atoms with Gasteiger partial charge in [0.05, 0.1) is 17.8 Å². The molecule has 0 aliphatic carbocycles. The van der Waals surface area contributed by atoms with Gasteiger partial charge in [-0.15, -0.1) is 0 Å². The van der Waals surface area contributed by atoms with Crippen molar-refractivity contribution >= 4 is 27.6 Å². The van der Waals surface area contributed by atoms with Crippen LogP contribution >= 0.6 is 15.9 Å². The van der Waals surface area contributed by atoms with Gasteiger partial charge >= 0.3 is 6.03 Å². The number of nitrogens with one attached hydrogen (secondary N) is 1. The summed E-state index contributed by atoms with van der Waals surface area (Å²) < 4.78 is 14.1. The van der Waals surface area contributed by atoms with Crippen LogP contribution in [0.2, 0.25) is 0 Å². The molecule has 18 heavy (non-hydrogen) atoms. The van der Waals surface area contributed by atoms with Gasteiger partial charge in [-0.25, -0.2) is 9.18 Å². The summed E-state index contributed by atoms with van der Waals surface area (Å²) in [6, 6.07) is 3.81. The molecule has 0 saturated heterocycles. The maximum absolute atomic E-state index is 13.4. The second-order valence-electron chi connectivity index (χ2n) is 4.72. The van der Waals surface area contributed by atoms with Gasteiger partial charge in [-0.2, -0.15) is 0 Å². The van der Waals surface area contributed by atoms with Gasteiger partial charge in [-0.05, 0) is 32.0 Å². The van der Waals surface area contributed by atoms with E-state index in [1.165, 1.54) is 24.1 Å². The lowest BCUT2D eigenvalue weighted by atomic mass is 10.1. The van der Waals surface area contributed by atoms with Crippen molar-refractivity contribution in [3.8, 4) is 0 Å². The SMILES string of the molecule is CN(CC(C)(C)O)C(=O)Nc1cc(Br)ccc1F. The van der Waals surface area contributed by atoms with Gasteiger partial charge in [0.15, 0.2) is 0 Å². The lowest BCUT2D eigenvalue weighted by Crippen LogP contribution is -2.41. The van der Waals surface area contributed by atoms with E-state index in [1.807, 2.05) is 0 Å². The Bertz CT molecular complexity index is 446. The van der Waals surface area contributed by atoms with Crippen molar-refractivity contribution < 1.29 is 14.3 Å². The number of anilines is 1. The second kappa shape index (κ2) is 5.67. The Hall–Kier alpha value is -1.14. The van der Waals surface area contributed by atoms with E-state index in [4.69, 9.17) is 0 Å². The number of urea groups is 1. The zero-order valence-corrected chi connectivity index (χ0v) is 12.1. The average Bonchev–Trinajstić information content (AvgIpc) is 2.21. The molecule has 0 spiro atoms. The maximum atomic E-state index is 13.4. The number of rotatable bonds is 3. The Kier molecular flexibility index (Phi) is 4.70. The van der Waals surface area contributed by atoms with Crippen LogP contribution in [0.15, 0.2) is 22.7 Å². The molecule has 0 aliphatic heterocycles. The van der Waals surface area contributed by atoms with Crippen LogP contribution in [0.4, 0.5) is 14.9 Å². The fourth-order valence-electron chi connectivity index (χ4n) is 1.46. The first kappa shape index (κ1) is 14.9. The van der Waals surface area contributed by atoms with Crippen LogP contribution < -0.4 is 5.32 Å². The van der Waals surface area contributed by atoms with E-state index in [0.717, 1.165) is 0 Å². The zero-order chi connectivity index (χ0) is 13.9. The fraction of sp³-hybridized carbons (Fsp3) is 0.417. The minimum absolute atomic E-state index is 0.0944. The third-order valence-corrected chi connectivity index (χ3v) is 2.63. The zero-order valence-electron chi connectivity index (χ0n) is 10.5. The van der Waals surface area contributed by atoms with E-state index in [1.54, 1.807) is 19.9 Å². The van der Waals surface area contributed by atoms with Crippen LogP contribution in [0.25, 0.3) is 0 Å². The number of carbonyl (C=O) groups is 1. The summed E-state index contributed by atoms with van der Waals surface area (Å²) in [5.74, 6) is -0.511. The monoisotopic (exact) mass is 318 g/mol. The van der Waals surface area contributed by atoms with Crippen LogP contribution in [0.5, 0.6) is 0 Å². The third kappa shape index (κ3) is 4.62. The van der Waals surface area contributed by atoms with Crippen LogP contribution in [0, 0.1) is 5.82 Å². The van der Waals surface area contributed by atoms with E-state index in [-0.39, 0.29) is 12.2 Å². The van der Waals surface area contributed by atoms with Gasteiger partial charge in [0.1, 0.15) is 5.82 Å². The highest BCUT2D eigenvalue weighted by molar-refractivity contribution is 9.10. The van der Waals surface area contributed by atoms with Gasteiger partial charge in [0.25, 0.3) is 0 Å². The highest BCUT2D eigenvalue weighted by atomic mass is 79.9. The second-order valence-corrected chi connectivity index (χ2v) is 5.64. The number of nitrogens with zero attached hydrogens (tertiary/aromatic N) is 1. The van der Waals surface area contributed by atoms with Crippen LogP contribution in [0.1, 0.15) is 13.8 Å². The Balaban J connectivity index is 2.72. The standard InChI is InChI=1S/C12H16BrFN2O2/c1-12(2,18)7-16(3)11(17)15-10-6-8(13)4-5-9(10)14/h4-6,18H,7H2,1-3H3,(H,15,17). The number of hydrogen-bond acceptors (Lipinski definition) is 2. The number of hydrogen-bond donors (Lipinski definition) is 2. The van der Waals surface area contributed by atoms with Crippen LogP contribution in [0.3, 0.4) is 0 Å². The number of likely N-dealkylation sites (N-methyl/N-ethyl adjacent to an activating group) is 1. The molecule has 0 fully saturated rings. The first-order valence-corrected chi connectivity index (χ1v) is 6.18. The summed E-state index contributed by atoms with van der Waals surface area (Å²) in [7, 11) is 1.53. The molecule has 0 aromatic heterocycles. The van der Waals surface area contributed by atoms with Crippen molar-refractivity contribution in [2.45, 2.75) is 19.4 Å². The van der Waals surface area contributed by atoms with Gasteiger partial charge < -0.3 is 15.3 Å². The lowest BCUT2D eigenvalue weighted by Gasteiger charge is -2.25. The molecule has 0 heterocycles. The molecule has 1 aromatic rings. The molecule has 0 unspecified atom stereocenters. The van der Waals surface area contributed by atoms with E-state index < -0.39 is 17.4 Å². The maximum Gasteiger partial charge on any atom is 0.321 e. The largest absolute Gasteiger partial charge is 0.389 e. The minimum Gasteiger partial charge on any atom is -0.389 e. The number of amides is 2. The molecule has 6 heteroatoms. The molecular formula is C12H16BrFN2O2. The molecule has 1 aromatic carbocycles. The molecule has 100 valence electrons. The highest BCUT2D eigenvalue weighted by Gasteiger charge is 2.20. The summed E-state index contributed by atoms with van der Waals surface area (Å²) in [4.78, 5) is 13.1. The van der Waals surface area contributed by atoms with Gasteiger partial charge in [-0.3, -0.25) is 0 Å². The smallest absolute Gasteiger partial charge is 0.321 e. The molecule has 4 nitrogen and oxygen atoms in total. The summed E-state index contributed by atoms with van der Waals surface area (Å²) in [6.07, 6.45) is 0. The molecule has 2 N–H and O–H groups in total. The molecule has 0 bridgehead atoms. The molecule has 2 amide bonds. The lowest BCUT2D eigenvalue weighted by molar-refractivity contribution is 0.0550. The van der Waals surface area contributed by atoms with Crippen molar-refractivity contribution in [3.05, 3.63) is 28.5 Å². The van der Waals surface area contributed by atoms with E-state index in [0.29, 0.717) is 4.47 Å². The quantitative estimate of drug-likeness (QED) is 0.900. The van der Waals surface area contributed by atoms with Crippen molar-refractivity contribution in [2.75, 3.05) is 18.9 Å². The van der Waals surface area contributed by atoms with E-state index >= 15 is 0 Å². The van der Waals surface area contributed by atoms with Crippen molar-refractivity contribution in [1.82, 2.24) is 4.90 Å².